The lowest BCUT2D eigenvalue weighted by molar-refractivity contribution is -0.259. The first-order valence-corrected chi connectivity index (χ1v) is 15.2. The number of carbonyl (C=O) groups is 1. The standard InChI is InChI=1S/C32H54O5/c1-19(33)36-24-12-14-29(6)23(27(24,2)3)11-16-31(8)26(29)22(34)18-21-20(10-15-30(21,31)7)32(9)17-13-25(37-32)28(4,5)35/h20-26,34-35H,10-18H2,1-9H3/t20-,21+,22+,23-,24+,25+,26+,29-,30+,31+,32-/m0/s1. The van der Waals surface area contributed by atoms with Gasteiger partial charge in [0.1, 0.15) is 6.10 Å². The Hall–Kier alpha value is -0.650. The average Bonchev–Trinajstić information content (AvgIpc) is 3.32. The molecule has 5 rings (SSSR count). The number of fused-ring (bicyclic) bond motifs is 5. The van der Waals surface area contributed by atoms with Crippen LogP contribution in [0.25, 0.3) is 0 Å². The number of aliphatic hydroxyl groups excluding tert-OH is 1. The number of ether oxygens (including phenoxy) is 2. The molecule has 0 amide bonds. The SMILES string of the molecule is CC(=O)O[C@@H]1CC[C@]2(C)[C@H]3[C@H](O)C[C@@H]4[C@@H]([C@]5(C)CC[C@H](C(C)(C)O)O5)CC[C@@]4(C)[C@]3(C)CC[C@H]2C1(C)C. The van der Waals surface area contributed by atoms with Gasteiger partial charge in [-0.15, -0.1) is 0 Å². The molecule has 2 N–H and O–H groups in total. The molecule has 0 aromatic carbocycles. The summed E-state index contributed by atoms with van der Waals surface area (Å²) in [7, 11) is 0. The normalized spacial score (nSPS) is 53.2. The molecule has 0 aromatic rings. The molecule has 1 aliphatic heterocycles. The van der Waals surface area contributed by atoms with Crippen molar-refractivity contribution >= 4 is 5.97 Å². The molecule has 37 heavy (non-hydrogen) atoms. The maximum Gasteiger partial charge on any atom is 0.302 e. The van der Waals surface area contributed by atoms with Crippen LogP contribution in [0.1, 0.15) is 120 Å². The first kappa shape index (κ1) is 27.9. The van der Waals surface area contributed by atoms with Gasteiger partial charge in [0.15, 0.2) is 0 Å². The van der Waals surface area contributed by atoms with Crippen LogP contribution in [0.3, 0.4) is 0 Å². The van der Waals surface area contributed by atoms with Crippen molar-refractivity contribution in [3.05, 3.63) is 0 Å². The van der Waals surface area contributed by atoms with Gasteiger partial charge in [0.05, 0.1) is 23.4 Å². The van der Waals surface area contributed by atoms with E-state index in [1.807, 2.05) is 13.8 Å². The molecule has 5 aliphatic rings. The summed E-state index contributed by atoms with van der Waals surface area (Å²) in [6.45, 7) is 19.7. The topological polar surface area (TPSA) is 76.0 Å². The molecule has 0 unspecified atom stereocenters. The maximum absolute atomic E-state index is 12.1. The first-order valence-electron chi connectivity index (χ1n) is 15.2. The Bertz CT molecular complexity index is 923. The van der Waals surface area contributed by atoms with Crippen molar-refractivity contribution in [3.8, 4) is 0 Å². The zero-order valence-electron chi connectivity index (χ0n) is 25.0. The van der Waals surface area contributed by atoms with E-state index >= 15 is 0 Å². The van der Waals surface area contributed by atoms with Gasteiger partial charge in [-0.05, 0) is 118 Å². The maximum atomic E-state index is 12.1. The van der Waals surface area contributed by atoms with Crippen LogP contribution < -0.4 is 0 Å². The second-order valence-corrected chi connectivity index (χ2v) is 16.0. The molecule has 0 spiro atoms. The summed E-state index contributed by atoms with van der Waals surface area (Å²) in [6.07, 6.45) is 8.72. The number of hydrogen-bond donors (Lipinski definition) is 2. The predicted octanol–water partition coefficient (Wildman–Crippen LogP) is 6.28. The molecule has 212 valence electrons. The van der Waals surface area contributed by atoms with E-state index in [1.54, 1.807) is 0 Å². The molecule has 5 nitrogen and oxygen atoms in total. The Morgan fingerprint density at radius 3 is 2.14 bits per heavy atom. The Balaban J connectivity index is 1.46. The number of esters is 1. The van der Waals surface area contributed by atoms with E-state index in [1.165, 1.54) is 13.3 Å². The van der Waals surface area contributed by atoms with Gasteiger partial charge in [-0.3, -0.25) is 4.79 Å². The van der Waals surface area contributed by atoms with E-state index < -0.39 is 5.60 Å². The van der Waals surface area contributed by atoms with Gasteiger partial charge in [0.2, 0.25) is 0 Å². The van der Waals surface area contributed by atoms with Crippen molar-refractivity contribution in [2.45, 2.75) is 150 Å². The summed E-state index contributed by atoms with van der Waals surface area (Å²) >= 11 is 0. The number of carbonyl (C=O) groups excluding carboxylic acids is 1. The molecule has 11 atom stereocenters. The smallest absolute Gasteiger partial charge is 0.302 e. The van der Waals surface area contributed by atoms with Crippen molar-refractivity contribution in [2.75, 3.05) is 0 Å². The van der Waals surface area contributed by atoms with E-state index in [9.17, 15) is 15.0 Å². The molecule has 1 saturated heterocycles. The fourth-order valence-corrected chi connectivity index (χ4v) is 11.6. The van der Waals surface area contributed by atoms with Crippen molar-refractivity contribution in [2.24, 2.45) is 45.3 Å². The summed E-state index contributed by atoms with van der Waals surface area (Å²) in [5.41, 5.74) is -0.921. The van der Waals surface area contributed by atoms with Crippen LogP contribution in [0, 0.1) is 45.3 Å². The molecule has 5 fully saturated rings. The molecule has 1 heterocycles. The highest BCUT2D eigenvalue weighted by molar-refractivity contribution is 5.66. The minimum absolute atomic E-state index is 0.0262. The summed E-state index contributed by atoms with van der Waals surface area (Å²) in [5.74, 6) is 1.34. The van der Waals surface area contributed by atoms with E-state index in [0.717, 1.165) is 51.4 Å². The lowest BCUT2D eigenvalue weighted by Crippen LogP contribution is -2.67. The molecule has 0 radical (unpaired) electrons. The molecular weight excluding hydrogens is 464 g/mol. The summed E-state index contributed by atoms with van der Waals surface area (Å²) in [6, 6.07) is 0. The third kappa shape index (κ3) is 3.83. The molecule has 0 bridgehead atoms. The van der Waals surface area contributed by atoms with Crippen molar-refractivity contribution in [3.63, 3.8) is 0 Å². The van der Waals surface area contributed by atoms with Crippen LogP contribution >= 0.6 is 0 Å². The predicted molar refractivity (Wildman–Crippen MR) is 145 cm³/mol. The third-order valence-electron chi connectivity index (χ3n) is 13.5. The summed E-state index contributed by atoms with van der Waals surface area (Å²) in [5, 5.41) is 22.7. The first-order chi connectivity index (χ1) is 16.9. The second kappa shape index (κ2) is 8.43. The molecule has 0 aromatic heterocycles. The van der Waals surface area contributed by atoms with Gasteiger partial charge in [-0.25, -0.2) is 0 Å². The Morgan fingerprint density at radius 2 is 1.54 bits per heavy atom. The number of hydrogen-bond acceptors (Lipinski definition) is 5. The van der Waals surface area contributed by atoms with E-state index in [-0.39, 0.29) is 57.5 Å². The van der Waals surface area contributed by atoms with Crippen LogP contribution in [0.4, 0.5) is 0 Å². The van der Waals surface area contributed by atoms with Gasteiger partial charge >= 0.3 is 5.97 Å². The Labute approximate surface area is 225 Å². The highest BCUT2D eigenvalue weighted by Gasteiger charge is 2.72. The van der Waals surface area contributed by atoms with Crippen molar-refractivity contribution < 1.29 is 24.5 Å². The molecule has 4 saturated carbocycles. The zero-order valence-corrected chi connectivity index (χ0v) is 25.0. The summed E-state index contributed by atoms with van der Waals surface area (Å²) < 4.78 is 12.6. The quantitative estimate of drug-likeness (QED) is 0.430. The van der Waals surface area contributed by atoms with Gasteiger partial charge in [-0.1, -0.05) is 34.6 Å². The fourth-order valence-electron chi connectivity index (χ4n) is 11.6. The highest BCUT2D eigenvalue weighted by Crippen LogP contribution is 2.76. The lowest BCUT2D eigenvalue weighted by atomic mass is 9.35. The minimum Gasteiger partial charge on any atom is -0.462 e. The van der Waals surface area contributed by atoms with Gasteiger partial charge in [0, 0.05) is 12.3 Å². The van der Waals surface area contributed by atoms with Crippen LogP contribution in [-0.4, -0.2) is 45.7 Å². The fraction of sp³-hybridized carbons (Fsp3) is 0.969. The Kier molecular flexibility index (Phi) is 6.35. The van der Waals surface area contributed by atoms with Gasteiger partial charge < -0.3 is 19.7 Å². The minimum atomic E-state index is -0.826. The molecule has 4 aliphatic carbocycles. The summed E-state index contributed by atoms with van der Waals surface area (Å²) in [4.78, 5) is 11.9. The van der Waals surface area contributed by atoms with E-state index in [0.29, 0.717) is 17.8 Å². The van der Waals surface area contributed by atoms with Crippen LogP contribution in [-0.2, 0) is 14.3 Å². The second-order valence-electron chi connectivity index (χ2n) is 16.0. The van der Waals surface area contributed by atoms with Crippen molar-refractivity contribution in [1.29, 1.82) is 0 Å². The zero-order chi connectivity index (χ0) is 27.4. The molecule has 5 heteroatoms. The van der Waals surface area contributed by atoms with Crippen LogP contribution in [0.15, 0.2) is 0 Å². The van der Waals surface area contributed by atoms with Gasteiger partial charge in [0.25, 0.3) is 0 Å². The van der Waals surface area contributed by atoms with E-state index in [4.69, 9.17) is 9.47 Å². The van der Waals surface area contributed by atoms with Crippen LogP contribution in [0.5, 0.6) is 0 Å². The third-order valence-corrected chi connectivity index (χ3v) is 13.5. The number of aliphatic hydroxyl groups is 2. The average molecular weight is 519 g/mol. The van der Waals surface area contributed by atoms with Crippen molar-refractivity contribution in [1.82, 2.24) is 0 Å². The monoisotopic (exact) mass is 518 g/mol. The molecular formula is C32H54O5. The van der Waals surface area contributed by atoms with E-state index in [2.05, 4.69) is 41.5 Å². The van der Waals surface area contributed by atoms with Crippen LogP contribution in [0.2, 0.25) is 0 Å². The highest BCUT2D eigenvalue weighted by atomic mass is 16.5. The lowest BCUT2D eigenvalue weighted by Gasteiger charge is -2.71. The largest absolute Gasteiger partial charge is 0.462 e. The number of rotatable bonds is 3. The van der Waals surface area contributed by atoms with Gasteiger partial charge in [-0.2, -0.15) is 0 Å². The Morgan fingerprint density at radius 1 is 0.892 bits per heavy atom.